The molecule has 0 bridgehead atoms. The number of ether oxygens (including phenoxy) is 1. The first-order valence-corrected chi connectivity index (χ1v) is 6.23. The highest BCUT2D eigenvalue weighted by Gasteiger charge is 2.19. The second kappa shape index (κ2) is 5.49. The number of nitrogens with two attached hydrogens (primary N) is 1. The number of thiocarbonyl (C=S) groups is 1. The van der Waals surface area contributed by atoms with E-state index in [1.54, 1.807) is 4.68 Å². The van der Waals surface area contributed by atoms with Crippen molar-refractivity contribution >= 4 is 17.2 Å². The van der Waals surface area contributed by atoms with E-state index in [4.69, 9.17) is 22.7 Å². The highest BCUT2D eigenvalue weighted by Crippen LogP contribution is 2.23. The predicted molar refractivity (Wildman–Crippen MR) is 73.4 cm³/mol. The van der Waals surface area contributed by atoms with E-state index in [1.165, 1.54) is 0 Å². The van der Waals surface area contributed by atoms with Crippen LogP contribution >= 0.6 is 12.2 Å². The molecule has 1 rings (SSSR count). The molecule has 0 aliphatic carbocycles. The van der Waals surface area contributed by atoms with E-state index < -0.39 is 0 Å². The monoisotopic (exact) mass is 255 g/mol. The fourth-order valence-corrected chi connectivity index (χ4v) is 2.19. The Kier molecular flexibility index (Phi) is 4.51. The number of nitrogens with zero attached hydrogens (tertiary/aromatic N) is 2. The molecule has 0 radical (unpaired) electrons. The summed E-state index contributed by atoms with van der Waals surface area (Å²) in [4.78, 5) is 0.336. The Bertz CT molecular complexity index is 412. The van der Waals surface area contributed by atoms with Gasteiger partial charge in [-0.05, 0) is 26.2 Å². The first kappa shape index (κ1) is 14.0. The summed E-state index contributed by atoms with van der Waals surface area (Å²) >= 11 is 5.04. The molecule has 0 spiro atoms. The highest BCUT2D eigenvalue weighted by atomic mass is 32.1. The quantitative estimate of drug-likeness (QED) is 0.819. The van der Waals surface area contributed by atoms with E-state index in [0.717, 1.165) is 17.7 Å². The molecule has 0 amide bonds. The molecule has 1 aromatic heterocycles. The van der Waals surface area contributed by atoms with Gasteiger partial charge in [-0.3, -0.25) is 0 Å². The maximum atomic E-state index is 5.90. The highest BCUT2D eigenvalue weighted by molar-refractivity contribution is 7.80. The second-order valence-corrected chi connectivity index (χ2v) is 5.25. The fraction of sp³-hybridized carbons (Fsp3) is 0.667. The molecule has 0 aromatic carbocycles. The molecule has 0 aliphatic heterocycles. The summed E-state index contributed by atoms with van der Waals surface area (Å²) in [7, 11) is 1.84. The van der Waals surface area contributed by atoms with Gasteiger partial charge in [-0.15, -0.1) is 0 Å². The van der Waals surface area contributed by atoms with Crippen molar-refractivity contribution in [2.45, 2.75) is 40.2 Å². The van der Waals surface area contributed by atoms with Crippen LogP contribution in [0.2, 0.25) is 0 Å². The van der Waals surface area contributed by atoms with Crippen LogP contribution in [-0.4, -0.2) is 20.9 Å². The third-order valence-corrected chi connectivity index (χ3v) is 2.74. The van der Waals surface area contributed by atoms with Crippen molar-refractivity contribution in [3.8, 4) is 5.88 Å². The Balaban J connectivity index is 2.94. The molecule has 0 saturated heterocycles. The summed E-state index contributed by atoms with van der Waals surface area (Å²) in [6, 6.07) is 0. The Hall–Kier alpha value is -1.10. The number of rotatable bonds is 5. The lowest BCUT2D eigenvalue weighted by Gasteiger charge is -2.17. The van der Waals surface area contributed by atoms with E-state index >= 15 is 0 Å². The summed E-state index contributed by atoms with van der Waals surface area (Å²) in [6.07, 6.45) is 1.11. The van der Waals surface area contributed by atoms with Gasteiger partial charge in [0, 0.05) is 7.05 Å². The van der Waals surface area contributed by atoms with E-state index in [0.29, 0.717) is 16.8 Å². The number of aromatic nitrogens is 2. The maximum Gasteiger partial charge on any atom is 0.222 e. The van der Waals surface area contributed by atoms with Crippen LogP contribution in [0.25, 0.3) is 0 Å². The van der Waals surface area contributed by atoms with Gasteiger partial charge in [0.25, 0.3) is 0 Å². The molecule has 17 heavy (non-hydrogen) atoms. The zero-order valence-electron chi connectivity index (χ0n) is 11.2. The standard InChI is InChI=1S/C12H21N3OS/c1-7(2)6-8(3)16-12-10(11(13)17)9(4)14-15(12)5/h7-8H,6H2,1-5H3,(H2,13,17). The van der Waals surface area contributed by atoms with Crippen LogP contribution in [-0.2, 0) is 7.05 Å². The zero-order valence-corrected chi connectivity index (χ0v) is 12.0. The first-order chi connectivity index (χ1) is 7.82. The second-order valence-electron chi connectivity index (χ2n) is 4.81. The number of hydrogen-bond donors (Lipinski definition) is 1. The summed E-state index contributed by atoms with van der Waals surface area (Å²) in [5.74, 6) is 1.26. The smallest absolute Gasteiger partial charge is 0.222 e. The number of hydrogen-bond acceptors (Lipinski definition) is 3. The van der Waals surface area contributed by atoms with Gasteiger partial charge < -0.3 is 10.5 Å². The van der Waals surface area contributed by atoms with Gasteiger partial charge in [0.2, 0.25) is 5.88 Å². The first-order valence-electron chi connectivity index (χ1n) is 5.83. The molecule has 0 saturated carbocycles. The lowest BCUT2D eigenvalue weighted by atomic mass is 10.1. The van der Waals surface area contributed by atoms with Crippen molar-refractivity contribution in [1.82, 2.24) is 9.78 Å². The van der Waals surface area contributed by atoms with Crippen molar-refractivity contribution in [3.63, 3.8) is 0 Å². The SMILES string of the molecule is Cc1nn(C)c(OC(C)CC(C)C)c1C(N)=S. The van der Waals surface area contributed by atoms with Crippen molar-refractivity contribution < 1.29 is 4.74 Å². The van der Waals surface area contributed by atoms with Crippen molar-refractivity contribution in [2.24, 2.45) is 18.7 Å². The van der Waals surface area contributed by atoms with Crippen LogP contribution in [0, 0.1) is 12.8 Å². The Morgan fingerprint density at radius 3 is 2.53 bits per heavy atom. The average Bonchev–Trinajstić information content (AvgIpc) is 2.39. The van der Waals surface area contributed by atoms with Crippen LogP contribution in [0.5, 0.6) is 5.88 Å². The van der Waals surface area contributed by atoms with Crippen LogP contribution < -0.4 is 10.5 Å². The van der Waals surface area contributed by atoms with Gasteiger partial charge in [0.15, 0.2) is 0 Å². The molecule has 1 aromatic rings. The fourth-order valence-electron chi connectivity index (χ4n) is 1.96. The molecule has 0 aliphatic rings. The van der Waals surface area contributed by atoms with Gasteiger partial charge in [-0.1, -0.05) is 26.1 Å². The normalized spacial score (nSPS) is 12.8. The van der Waals surface area contributed by atoms with Crippen LogP contribution in [0.4, 0.5) is 0 Å². The van der Waals surface area contributed by atoms with E-state index in [2.05, 4.69) is 18.9 Å². The minimum Gasteiger partial charge on any atom is -0.474 e. The van der Waals surface area contributed by atoms with E-state index in [1.807, 2.05) is 20.9 Å². The van der Waals surface area contributed by atoms with E-state index in [9.17, 15) is 0 Å². The molecular weight excluding hydrogens is 234 g/mol. The van der Waals surface area contributed by atoms with E-state index in [-0.39, 0.29) is 6.10 Å². The lowest BCUT2D eigenvalue weighted by molar-refractivity contribution is 0.177. The molecule has 5 heteroatoms. The molecular formula is C12H21N3OS. The average molecular weight is 255 g/mol. The van der Waals surface area contributed by atoms with Gasteiger partial charge in [-0.2, -0.15) is 5.10 Å². The minimum absolute atomic E-state index is 0.123. The maximum absolute atomic E-state index is 5.90. The molecule has 4 nitrogen and oxygen atoms in total. The summed E-state index contributed by atoms with van der Waals surface area (Å²) in [5.41, 5.74) is 7.26. The van der Waals surface area contributed by atoms with Gasteiger partial charge >= 0.3 is 0 Å². The van der Waals surface area contributed by atoms with Gasteiger partial charge in [0.05, 0.1) is 17.4 Å². The summed E-state index contributed by atoms with van der Waals surface area (Å²) < 4.78 is 7.60. The Labute approximate surface area is 108 Å². The molecule has 1 unspecified atom stereocenters. The third kappa shape index (κ3) is 3.43. The lowest BCUT2D eigenvalue weighted by Crippen LogP contribution is -2.19. The van der Waals surface area contributed by atoms with Crippen LogP contribution in [0.3, 0.4) is 0 Å². The van der Waals surface area contributed by atoms with Crippen molar-refractivity contribution in [1.29, 1.82) is 0 Å². The minimum atomic E-state index is 0.123. The molecule has 1 heterocycles. The molecule has 1 atom stereocenters. The van der Waals surface area contributed by atoms with Crippen LogP contribution in [0.15, 0.2) is 0 Å². The topological polar surface area (TPSA) is 53.1 Å². The summed E-state index contributed by atoms with van der Waals surface area (Å²) in [5, 5.41) is 4.29. The predicted octanol–water partition coefficient (Wildman–Crippen LogP) is 2.18. The zero-order chi connectivity index (χ0) is 13.2. The number of aryl methyl sites for hydroxylation is 2. The Morgan fingerprint density at radius 2 is 2.06 bits per heavy atom. The largest absolute Gasteiger partial charge is 0.474 e. The van der Waals surface area contributed by atoms with Gasteiger partial charge in [-0.25, -0.2) is 4.68 Å². The third-order valence-electron chi connectivity index (χ3n) is 2.53. The molecule has 96 valence electrons. The Morgan fingerprint density at radius 1 is 1.47 bits per heavy atom. The summed E-state index contributed by atoms with van der Waals surface area (Å²) in [6.45, 7) is 8.27. The van der Waals surface area contributed by atoms with Crippen molar-refractivity contribution in [3.05, 3.63) is 11.3 Å². The van der Waals surface area contributed by atoms with Gasteiger partial charge in [0.1, 0.15) is 4.99 Å². The van der Waals surface area contributed by atoms with Crippen molar-refractivity contribution in [2.75, 3.05) is 0 Å². The molecule has 2 N–H and O–H groups in total. The van der Waals surface area contributed by atoms with Crippen LogP contribution in [0.1, 0.15) is 38.4 Å². The molecule has 0 fully saturated rings.